The number of ether oxygens (including phenoxy) is 1. The molecule has 0 spiro atoms. The van der Waals surface area contributed by atoms with Gasteiger partial charge in [-0.2, -0.15) is 0 Å². The molecule has 0 radical (unpaired) electrons. The van der Waals surface area contributed by atoms with E-state index in [2.05, 4.69) is 0 Å². The fraction of sp³-hybridized carbons (Fsp3) is 1.00. The summed E-state index contributed by atoms with van der Waals surface area (Å²) in [5.41, 5.74) is 5.73. The maximum Gasteiger partial charge on any atom is 0.154 e. The minimum Gasteiger partial charge on any atom is -0.381 e. The van der Waals surface area contributed by atoms with Crippen molar-refractivity contribution < 1.29 is 14.9 Å². The van der Waals surface area contributed by atoms with Crippen LogP contribution in [0.4, 0.5) is 0 Å². The van der Waals surface area contributed by atoms with Crippen molar-refractivity contribution >= 4 is 0 Å². The molecule has 4 N–H and O–H groups in total. The smallest absolute Gasteiger partial charge is 0.154 e. The van der Waals surface area contributed by atoms with Crippen LogP contribution >= 0.6 is 0 Å². The third kappa shape index (κ3) is 2.42. The summed E-state index contributed by atoms with van der Waals surface area (Å²) < 4.78 is 5.14. The Hall–Kier alpha value is -0.160. The topological polar surface area (TPSA) is 75.7 Å². The minimum absolute atomic E-state index is 0.0375. The Kier molecular flexibility index (Phi) is 3.46. The highest BCUT2D eigenvalue weighted by molar-refractivity contribution is 4.82. The van der Waals surface area contributed by atoms with Gasteiger partial charge in [0, 0.05) is 19.1 Å². The molecule has 1 aliphatic rings. The number of hydrogen-bond acceptors (Lipinski definition) is 4. The zero-order chi connectivity index (χ0) is 9.14. The molecule has 12 heavy (non-hydrogen) atoms. The van der Waals surface area contributed by atoms with Gasteiger partial charge >= 0.3 is 0 Å². The first kappa shape index (κ1) is 9.92. The van der Waals surface area contributed by atoms with Gasteiger partial charge in [-0.05, 0) is 19.3 Å². The summed E-state index contributed by atoms with van der Waals surface area (Å²) in [7, 11) is 1.63. The normalized spacial score (nSPS) is 37.2. The molecule has 1 saturated carbocycles. The fourth-order valence-electron chi connectivity index (χ4n) is 1.79. The average Bonchev–Trinajstić information content (AvgIpc) is 2.03. The Morgan fingerprint density at radius 2 is 2.00 bits per heavy atom. The molecule has 0 saturated heterocycles. The van der Waals surface area contributed by atoms with E-state index in [-0.39, 0.29) is 18.1 Å². The summed E-state index contributed by atoms with van der Waals surface area (Å²) in [4.78, 5) is 0. The van der Waals surface area contributed by atoms with Crippen LogP contribution in [0, 0.1) is 5.92 Å². The van der Waals surface area contributed by atoms with Crippen LogP contribution in [0.25, 0.3) is 0 Å². The zero-order valence-corrected chi connectivity index (χ0v) is 7.31. The molecule has 0 heterocycles. The van der Waals surface area contributed by atoms with Crippen molar-refractivity contribution in [3.05, 3.63) is 0 Å². The average molecular weight is 175 g/mol. The van der Waals surface area contributed by atoms with Gasteiger partial charge in [-0.15, -0.1) is 0 Å². The summed E-state index contributed by atoms with van der Waals surface area (Å²) in [6.45, 7) is 0. The van der Waals surface area contributed by atoms with Crippen LogP contribution in [0.2, 0.25) is 0 Å². The van der Waals surface area contributed by atoms with Crippen LogP contribution in [-0.2, 0) is 4.74 Å². The van der Waals surface area contributed by atoms with E-state index in [9.17, 15) is 0 Å². The largest absolute Gasteiger partial charge is 0.381 e. The van der Waals surface area contributed by atoms with Crippen molar-refractivity contribution in [3.63, 3.8) is 0 Å². The lowest BCUT2D eigenvalue weighted by Crippen LogP contribution is -2.40. The number of aliphatic hydroxyl groups is 2. The van der Waals surface area contributed by atoms with Crippen LogP contribution in [0.15, 0.2) is 0 Å². The lowest BCUT2D eigenvalue weighted by atomic mass is 9.84. The zero-order valence-electron chi connectivity index (χ0n) is 7.31. The quantitative estimate of drug-likeness (QED) is 0.492. The second kappa shape index (κ2) is 4.18. The summed E-state index contributed by atoms with van der Waals surface area (Å²) in [5, 5.41) is 17.9. The summed E-state index contributed by atoms with van der Waals surface area (Å²) in [5.74, 6) is -0.126. The van der Waals surface area contributed by atoms with Gasteiger partial charge in [0.2, 0.25) is 0 Å². The number of aliphatic hydroxyl groups excluding tert-OH is 1. The number of hydrogen-bond donors (Lipinski definition) is 3. The van der Waals surface area contributed by atoms with Gasteiger partial charge in [0.1, 0.15) is 0 Å². The van der Waals surface area contributed by atoms with E-state index in [0.717, 1.165) is 6.42 Å². The predicted molar refractivity (Wildman–Crippen MR) is 44.3 cm³/mol. The molecule has 1 aliphatic carbocycles. The minimum atomic E-state index is -1.26. The second-order valence-electron chi connectivity index (χ2n) is 3.50. The molecule has 0 aromatic heterocycles. The first-order chi connectivity index (χ1) is 5.63. The Bertz CT molecular complexity index is 140. The van der Waals surface area contributed by atoms with Gasteiger partial charge in [-0.3, -0.25) is 0 Å². The van der Waals surface area contributed by atoms with Gasteiger partial charge in [0.15, 0.2) is 6.29 Å². The van der Waals surface area contributed by atoms with Crippen molar-refractivity contribution in [2.24, 2.45) is 11.7 Å². The van der Waals surface area contributed by atoms with E-state index in [4.69, 9.17) is 20.7 Å². The SMILES string of the molecule is COC1CC(N)CC(C(O)O)C1. The van der Waals surface area contributed by atoms with Crippen LogP contribution in [0.1, 0.15) is 19.3 Å². The molecular weight excluding hydrogens is 158 g/mol. The van der Waals surface area contributed by atoms with Gasteiger partial charge < -0.3 is 20.7 Å². The molecule has 1 fully saturated rings. The van der Waals surface area contributed by atoms with E-state index in [1.54, 1.807) is 7.11 Å². The van der Waals surface area contributed by atoms with Crippen LogP contribution < -0.4 is 5.73 Å². The lowest BCUT2D eigenvalue weighted by Gasteiger charge is -2.33. The van der Waals surface area contributed by atoms with E-state index in [1.807, 2.05) is 0 Å². The molecular formula is C8H17NO3. The summed E-state index contributed by atoms with van der Waals surface area (Å²) in [6.07, 6.45) is 1.02. The van der Waals surface area contributed by atoms with Crippen LogP contribution in [-0.4, -0.2) is 35.8 Å². The highest BCUT2D eigenvalue weighted by atomic mass is 16.5. The number of methoxy groups -OCH3 is 1. The molecule has 3 atom stereocenters. The Morgan fingerprint density at radius 1 is 1.33 bits per heavy atom. The molecule has 4 heteroatoms. The number of nitrogens with two attached hydrogens (primary N) is 1. The predicted octanol–water partition coefficient (Wildman–Crippen LogP) is -0.561. The molecule has 4 nitrogen and oxygen atoms in total. The first-order valence-corrected chi connectivity index (χ1v) is 4.28. The maximum absolute atomic E-state index is 8.95. The molecule has 0 aromatic carbocycles. The lowest BCUT2D eigenvalue weighted by molar-refractivity contribution is -0.111. The van der Waals surface area contributed by atoms with Crippen molar-refractivity contribution in [1.29, 1.82) is 0 Å². The standard InChI is InChI=1S/C8H17NO3/c1-12-7-3-5(8(10)11)2-6(9)4-7/h5-8,10-11H,2-4,9H2,1H3. The summed E-state index contributed by atoms with van der Waals surface area (Å²) >= 11 is 0. The molecule has 0 bridgehead atoms. The number of rotatable bonds is 2. The fourth-order valence-corrected chi connectivity index (χ4v) is 1.79. The molecule has 0 amide bonds. The van der Waals surface area contributed by atoms with E-state index < -0.39 is 6.29 Å². The van der Waals surface area contributed by atoms with Crippen LogP contribution in [0.3, 0.4) is 0 Å². The molecule has 1 rings (SSSR count). The Labute approximate surface area is 72.3 Å². The van der Waals surface area contributed by atoms with Crippen LogP contribution in [0.5, 0.6) is 0 Å². The summed E-state index contributed by atoms with van der Waals surface area (Å²) in [6, 6.07) is 0.0375. The Balaban J connectivity index is 2.45. The molecule has 3 unspecified atom stereocenters. The van der Waals surface area contributed by atoms with E-state index >= 15 is 0 Å². The monoisotopic (exact) mass is 175 g/mol. The third-order valence-corrected chi connectivity index (χ3v) is 2.49. The van der Waals surface area contributed by atoms with Crippen molar-refractivity contribution in [3.8, 4) is 0 Å². The highest BCUT2D eigenvalue weighted by Crippen LogP contribution is 2.26. The van der Waals surface area contributed by atoms with Gasteiger partial charge in [-0.1, -0.05) is 0 Å². The van der Waals surface area contributed by atoms with E-state index in [1.165, 1.54) is 0 Å². The van der Waals surface area contributed by atoms with Crippen molar-refractivity contribution in [1.82, 2.24) is 0 Å². The maximum atomic E-state index is 8.95. The van der Waals surface area contributed by atoms with Crippen molar-refractivity contribution in [2.75, 3.05) is 7.11 Å². The van der Waals surface area contributed by atoms with Gasteiger partial charge in [0.25, 0.3) is 0 Å². The van der Waals surface area contributed by atoms with Gasteiger partial charge in [0.05, 0.1) is 6.10 Å². The molecule has 0 aromatic rings. The molecule has 72 valence electrons. The Morgan fingerprint density at radius 3 is 2.50 bits per heavy atom. The van der Waals surface area contributed by atoms with E-state index in [0.29, 0.717) is 12.8 Å². The second-order valence-corrected chi connectivity index (χ2v) is 3.50. The molecule has 0 aliphatic heterocycles. The first-order valence-electron chi connectivity index (χ1n) is 4.28. The van der Waals surface area contributed by atoms with Gasteiger partial charge in [-0.25, -0.2) is 0 Å². The van der Waals surface area contributed by atoms with Crippen molar-refractivity contribution in [2.45, 2.75) is 37.7 Å². The third-order valence-electron chi connectivity index (χ3n) is 2.49. The highest BCUT2D eigenvalue weighted by Gasteiger charge is 2.30.